The van der Waals surface area contributed by atoms with Gasteiger partial charge in [0.05, 0.1) is 0 Å². The van der Waals surface area contributed by atoms with Gasteiger partial charge in [-0.1, -0.05) is 11.8 Å². The summed E-state index contributed by atoms with van der Waals surface area (Å²) in [4.78, 5) is 0. The van der Waals surface area contributed by atoms with Crippen molar-refractivity contribution in [2.24, 2.45) is 0 Å². The molecule has 11 heteroatoms. The fourth-order valence-electron chi connectivity index (χ4n) is 1.24. The number of ether oxygens (including phenoxy) is 3. The van der Waals surface area contributed by atoms with Crippen LogP contribution in [0.2, 0.25) is 0 Å². The number of rotatable bonds is 9. The highest BCUT2D eigenvalue weighted by atomic mass is 31.2. The van der Waals surface area contributed by atoms with E-state index in [2.05, 4.69) is 4.74 Å². The summed E-state index contributed by atoms with van der Waals surface area (Å²) in [5, 5.41) is 0. The zero-order valence-electron chi connectivity index (χ0n) is 11.6. The van der Waals surface area contributed by atoms with Gasteiger partial charge >= 0.3 is 12.4 Å². The van der Waals surface area contributed by atoms with Crippen LogP contribution in [-0.4, -0.2) is 50.7 Å². The van der Waals surface area contributed by atoms with Gasteiger partial charge in [-0.3, -0.25) is 0 Å². The first-order chi connectivity index (χ1) is 10.5. The zero-order valence-corrected chi connectivity index (χ0v) is 12.5. The highest BCUT2D eigenvalue weighted by Crippen LogP contribution is 2.47. The Morgan fingerprint density at radius 3 is 1.57 bits per heavy atom. The van der Waals surface area contributed by atoms with E-state index < -0.39 is 44.6 Å². The highest BCUT2D eigenvalue weighted by Gasteiger charge is 2.58. The van der Waals surface area contributed by atoms with Crippen molar-refractivity contribution in [2.75, 3.05) is 32.3 Å². The van der Waals surface area contributed by atoms with E-state index in [9.17, 15) is 30.9 Å². The molecular formula is C12H13F6O4P. The summed E-state index contributed by atoms with van der Waals surface area (Å²) >= 11 is 0. The van der Waals surface area contributed by atoms with Crippen LogP contribution in [0.5, 0.6) is 0 Å². The summed E-state index contributed by atoms with van der Waals surface area (Å²) < 4.78 is 99.6. The molecule has 0 unspecified atom stereocenters. The predicted octanol–water partition coefficient (Wildman–Crippen LogP) is 3.03. The molecule has 0 N–H and O–H groups in total. The Hall–Kier alpha value is -1.19. The third kappa shape index (κ3) is 8.87. The summed E-state index contributed by atoms with van der Waals surface area (Å²) in [6.45, 7) is -0.664. The first kappa shape index (κ1) is 21.8. The van der Waals surface area contributed by atoms with E-state index in [0.29, 0.717) is 0 Å². The van der Waals surface area contributed by atoms with Crippen molar-refractivity contribution in [3.05, 3.63) is 0 Å². The fraction of sp³-hybridized carbons (Fsp3) is 0.667. The molecule has 0 saturated heterocycles. The SMILES string of the molecule is C#CCOCP(=O)(COCC#C)COC(C(F)(F)F)C(F)(F)F. The van der Waals surface area contributed by atoms with Crippen molar-refractivity contribution in [2.45, 2.75) is 18.5 Å². The van der Waals surface area contributed by atoms with E-state index in [-0.39, 0.29) is 13.2 Å². The number of halogens is 6. The first-order valence-electron chi connectivity index (χ1n) is 5.81. The first-order valence-corrected chi connectivity index (χ1v) is 8.07. The lowest BCUT2D eigenvalue weighted by molar-refractivity contribution is -0.317. The fourth-order valence-corrected chi connectivity index (χ4v) is 2.73. The maximum absolute atomic E-state index is 12.4. The van der Waals surface area contributed by atoms with Gasteiger partial charge in [-0.2, -0.15) is 26.3 Å². The van der Waals surface area contributed by atoms with Crippen molar-refractivity contribution in [3.63, 3.8) is 0 Å². The van der Waals surface area contributed by atoms with Crippen LogP contribution in [0.3, 0.4) is 0 Å². The van der Waals surface area contributed by atoms with Crippen LogP contribution in [0.15, 0.2) is 0 Å². The molecule has 0 aliphatic carbocycles. The third-order valence-electron chi connectivity index (χ3n) is 2.09. The van der Waals surface area contributed by atoms with Gasteiger partial charge in [0.25, 0.3) is 0 Å². The molecule has 0 aliphatic rings. The van der Waals surface area contributed by atoms with Crippen molar-refractivity contribution < 1.29 is 45.1 Å². The number of alkyl halides is 6. The summed E-state index contributed by atoms with van der Waals surface area (Å²) in [5.74, 6) is 4.01. The van der Waals surface area contributed by atoms with Gasteiger partial charge in [0.15, 0.2) is 7.14 Å². The highest BCUT2D eigenvalue weighted by molar-refractivity contribution is 7.63. The van der Waals surface area contributed by atoms with Gasteiger partial charge < -0.3 is 18.8 Å². The van der Waals surface area contributed by atoms with E-state index in [0.717, 1.165) is 0 Å². The van der Waals surface area contributed by atoms with E-state index in [4.69, 9.17) is 22.3 Å². The van der Waals surface area contributed by atoms with Gasteiger partial charge in [0.1, 0.15) is 32.3 Å². The lowest BCUT2D eigenvalue weighted by atomic mass is 10.3. The second-order valence-electron chi connectivity index (χ2n) is 4.18. The molecule has 0 saturated carbocycles. The van der Waals surface area contributed by atoms with Gasteiger partial charge in [0.2, 0.25) is 6.10 Å². The topological polar surface area (TPSA) is 44.8 Å². The number of hydrogen-bond acceptors (Lipinski definition) is 4. The minimum Gasteiger partial charge on any atom is -0.361 e. The Morgan fingerprint density at radius 2 is 1.26 bits per heavy atom. The second kappa shape index (κ2) is 9.19. The average Bonchev–Trinajstić information content (AvgIpc) is 2.36. The Kier molecular flexibility index (Phi) is 8.71. The van der Waals surface area contributed by atoms with Gasteiger partial charge in [-0.05, 0) is 0 Å². The van der Waals surface area contributed by atoms with Crippen molar-refractivity contribution in [3.8, 4) is 24.7 Å². The van der Waals surface area contributed by atoms with Crippen LogP contribution in [0.4, 0.5) is 26.3 Å². The zero-order chi connectivity index (χ0) is 18.1. The van der Waals surface area contributed by atoms with Crippen molar-refractivity contribution in [1.29, 1.82) is 0 Å². The molecule has 0 aromatic rings. The van der Waals surface area contributed by atoms with E-state index in [1.807, 2.05) is 11.8 Å². The molecule has 0 heterocycles. The molecule has 0 aromatic carbocycles. The summed E-state index contributed by atoms with van der Waals surface area (Å²) in [7, 11) is -3.83. The van der Waals surface area contributed by atoms with Crippen LogP contribution in [-0.2, 0) is 18.8 Å². The minimum absolute atomic E-state index is 0.332. The number of terminal acetylenes is 2. The van der Waals surface area contributed by atoms with Gasteiger partial charge in [-0.25, -0.2) is 0 Å². The maximum Gasteiger partial charge on any atom is 0.423 e. The molecule has 0 spiro atoms. The Balaban J connectivity index is 4.96. The van der Waals surface area contributed by atoms with Crippen LogP contribution in [0.25, 0.3) is 0 Å². The van der Waals surface area contributed by atoms with Crippen LogP contribution in [0.1, 0.15) is 0 Å². The lowest BCUT2D eigenvalue weighted by Gasteiger charge is -2.25. The van der Waals surface area contributed by atoms with Crippen molar-refractivity contribution >= 4 is 7.14 Å². The maximum atomic E-state index is 12.4. The Morgan fingerprint density at radius 1 is 0.870 bits per heavy atom. The molecule has 0 bridgehead atoms. The smallest absolute Gasteiger partial charge is 0.361 e. The summed E-state index contributed by atoms with van der Waals surface area (Å²) in [6.07, 6.45) is -8.51. The third-order valence-corrected chi connectivity index (χ3v) is 4.02. The molecule has 23 heavy (non-hydrogen) atoms. The predicted molar refractivity (Wildman–Crippen MR) is 68.8 cm³/mol. The molecule has 0 fully saturated rings. The van der Waals surface area contributed by atoms with Crippen LogP contribution in [0, 0.1) is 24.7 Å². The lowest BCUT2D eigenvalue weighted by Crippen LogP contribution is -2.44. The largest absolute Gasteiger partial charge is 0.423 e. The molecule has 132 valence electrons. The molecule has 0 aromatic heterocycles. The summed E-state index contributed by atoms with van der Waals surface area (Å²) in [5.41, 5.74) is 0. The Bertz CT molecular complexity index is 450. The molecule has 0 aliphatic heterocycles. The van der Waals surface area contributed by atoms with Crippen LogP contribution >= 0.6 is 7.14 Å². The molecule has 0 radical (unpaired) electrons. The number of hydrogen-bond donors (Lipinski definition) is 0. The molecule has 0 atom stereocenters. The average molecular weight is 366 g/mol. The Labute approximate surface area is 128 Å². The van der Waals surface area contributed by atoms with E-state index in [1.54, 1.807) is 0 Å². The van der Waals surface area contributed by atoms with E-state index in [1.165, 1.54) is 0 Å². The molecule has 0 amide bonds. The van der Waals surface area contributed by atoms with Crippen molar-refractivity contribution in [1.82, 2.24) is 0 Å². The second-order valence-corrected chi connectivity index (χ2v) is 7.07. The van der Waals surface area contributed by atoms with Gasteiger partial charge in [-0.15, -0.1) is 12.8 Å². The standard InChI is InChI=1S/C12H13F6O4P/c1-3-5-20-7-23(19,8-21-6-4-2)9-22-10(11(13,14)15)12(16,17)18/h1-2,10H,5-9H2. The summed E-state index contributed by atoms with van der Waals surface area (Å²) in [6, 6.07) is 0. The molecule has 4 nitrogen and oxygen atoms in total. The quantitative estimate of drug-likeness (QED) is 0.272. The normalized spacial score (nSPS) is 12.9. The molecular weight excluding hydrogens is 353 g/mol. The minimum atomic E-state index is -5.71. The monoisotopic (exact) mass is 366 g/mol. The van der Waals surface area contributed by atoms with Crippen LogP contribution < -0.4 is 0 Å². The van der Waals surface area contributed by atoms with E-state index >= 15 is 0 Å². The van der Waals surface area contributed by atoms with Gasteiger partial charge in [0, 0.05) is 0 Å². The molecule has 0 rings (SSSR count).